The lowest BCUT2D eigenvalue weighted by Gasteiger charge is -2.32. The van der Waals surface area contributed by atoms with Gasteiger partial charge in [-0.05, 0) is 47.0 Å². The maximum absolute atomic E-state index is 12.5. The lowest BCUT2D eigenvalue weighted by Crippen LogP contribution is -2.41. The molecular formula is C14H16Br3NO2. The number of ether oxygens (including phenoxy) is 1. The van der Waals surface area contributed by atoms with Gasteiger partial charge >= 0.3 is 0 Å². The van der Waals surface area contributed by atoms with Crippen molar-refractivity contribution in [1.82, 2.24) is 4.90 Å². The number of benzene rings is 1. The average molecular weight is 470 g/mol. The molecule has 1 heterocycles. The number of carbonyl (C=O) groups is 1. The summed E-state index contributed by atoms with van der Waals surface area (Å²) in [5.74, 6) is 0.0864. The molecule has 0 aliphatic carbocycles. The average Bonchev–Trinajstić information content (AvgIpc) is 2.45. The first-order chi connectivity index (χ1) is 9.61. The Morgan fingerprint density at radius 2 is 2.00 bits per heavy atom. The van der Waals surface area contributed by atoms with Crippen LogP contribution in [0.4, 0.5) is 0 Å². The highest BCUT2D eigenvalue weighted by molar-refractivity contribution is 9.11. The van der Waals surface area contributed by atoms with Crippen LogP contribution in [-0.2, 0) is 4.74 Å². The quantitative estimate of drug-likeness (QED) is 0.618. The molecule has 1 fully saturated rings. The van der Waals surface area contributed by atoms with Crippen LogP contribution in [0.1, 0.15) is 23.2 Å². The molecule has 0 aromatic heterocycles. The standard InChI is InChI=1S/C14H16Br3NO2/c15-5-8-20-11-3-6-18(7-4-11)14(19)12-2-1-10(16)9-13(12)17/h1-2,9,11H,3-8H2. The Labute approximate surface area is 144 Å². The zero-order valence-electron chi connectivity index (χ0n) is 10.9. The van der Waals surface area contributed by atoms with E-state index in [1.165, 1.54) is 0 Å². The van der Waals surface area contributed by atoms with Gasteiger partial charge in [0, 0.05) is 27.4 Å². The van der Waals surface area contributed by atoms with Gasteiger partial charge in [-0.25, -0.2) is 0 Å². The van der Waals surface area contributed by atoms with Crippen LogP contribution in [0.5, 0.6) is 0 Å². The van der Waals surface area contributed by atoms with Crippen molar-refractivity contribution in [2.45, 2.75) is 18.9 Å². The first-order valence-electron chi connectivity index (χ1n) is 6.53. The third-order valence-electron chi connectivity index (χ3n) is 3.32. The number of halogens is 3. The predicted molar refractivity (Wildman–Crippen MR) is 90.5 cm³/mol. The van der Waals surface area contributed by atoms with Crippen LogP contribution < -0.4 is 0 Å². The Balaban J connectivity index is 1.94. The molecule has 0 N–H and O–H groups in total. The third kappa shape index (κ3) is 4.29. The van der Waals surface area contributed by atoms with Gasteiger partial charge < -0.3 is 9.64 Å². The third-order valence-corrected chi connectivity index (χ3v) is 4.79. The smallest absolute Gasteiger partial charge is 0.255 e. The van der Waals surface area contributed by atoms with Gasteiger partial charge in [0.1, 0.15) is 0 Å². The predicted octanol–water partition coefficient (Wildman–Crippen LogP) is 4.23. The van der Waals surface area contributed by atoms with Gasteiger partial charge in [0.15, 0.2) is 0 Å². The van der Waals surface area contributed by atoms with E-state index in [-0.39, 0.29) is 12.0 Å². The highest BCUT2D eigenvalue weighted by atomic mass is 79.9. The van der Waals surface area contributed by atoms with E-state index in [4.69, 9.17) is 4.74 Å². The molecule has 0 radical (unpaired) electrons. The van der Waals surface area contributed by atoms with Crippen molar-refractivity contribution in [2.24, 2.45) is 0 Å². The van der Waals surface area contributed by atoms with Crippen molar-refractivity contribution < 1.29 is 9.53 Å². The summed E-state index contributed by atoms with van der Waals surface area (Å²) >= 11 is 10.2. The zero-order chi connectivity index (χ0) is 14.5. The number of hydrogen-bond acceptors (Lipinski definition) is 2. The largest absolute Gasteiger partial charge is 0.377 e. The molecule has 2 rings (SSSR count). The molecule has 1 aliphatic rings. The molecule has 0 atom stereocenters. The summed E-state index contributed by atoms with van der Waals surface area (Å²) in [6.45, 7) is 2.25. The Kier molecular flexibility index (Phi) is 6.52. The summed E-state index contributed by atoms with van der Waals surface area (Å²) in [6.07, 6.45) is 2.10. The molecule has 110 valence electrons. The van der Waals surface area contributed by atoms with E-state index < -0.39 is 0 Å². The Morgan fingerprint density at radius 1 is 1.30 bits per heavy atom. The molecule has 1 saturated heterocycles. The topological polar surface area (TPSA) is 29.5 Å². The number of alkyl halides is 1. The molecule has 20 heavy (non-hydrogen) atoms. The lowest BCUT2D eigenvalue weighted by atomic mass is 10.1. The fraction of sp³-hybridized carbons (Fsp3) is 0.500. The lowest BCUT2D eigenvalue weighted by molar-refractivity contribution is 0.0159. The summed E-state index contributed by atoms with van der Waals surface area (Å²) in [7, 11) is 0. The molecule has 1 amide bonds. The molecule has 1 aromatic rings. The molecule has 3 nitrogen and oxygen atoms in total. The summed E-state index contributed by atoms with van der Waals surface area (Å²) < 4.78 is 7.49. The van der Waals surface area contributed by atoms with Crippen LogP contribution in [-0.4, -0.2) is 41.9 Å². The molecule has 1 aromatic carbocycles. The van der Waals surface area contributed by atoms with Crippen LogP contribution in [0.25, 0.3) is 0 Å². The van der Waals surface area contributed by atoms with E-state index in [0.717, 1.165) is 46.8 Å². The Hall–Kier alpha value is 0.0900. The summed E-state index contributed by atoms with van der Waals surface area (Å²) in [4.78, 5) is 14.4. The molecule has 6 heteroatoms. The Bertz CT molecular complexity index is 473. The van der Waals surface area contributed by atoms with Gasteiger partial charge in [-0.15, -0.1) is 0 Å². The van der Waals surface area contributed by atoms with Crippen molar-refractivity contribution in [1.29, 1.82) is 0 Å². The molecule has 0 unspecified atom stereocenters. The van der Waals surface area contributed by atoms with Gasteiger partial charge in [0.2, 0.25) is 0 Å². The van der Waals surface area contributed by atoms with Gasteiger partial charge in [-0.1, -0.05) is 31.9 Å². The van der Waals surface area contributed by atoms with Crippen molar-refractivity contribution in [3.8, 4) is 0 Å². The van der Waals surface area contributed by atoms with Crippen LogP contribution in [0.2, 0.25) is 0 Å². The van der Waals surface area contributed by atoms with E-state index in [1.807, 2.05) is 23.1 Å². The maximum atomic E-state index is 12.5. The summed E-state index contributed by atoms with van der Waals surface area (Å²) in [6, 6.07) is 5.65. The summed E-state index contributed by atoms with van der Waals surface area (Å²) in [5, 5.41) is 0.859. The van der Waals surface area contributed by atoms with Crippen LogP contribution in [0.15, 0.2) is 27.1 Å². The number of hydrogen-bond donors (Lipinski definition) is 0. The van der Waals surface area contributed by atoms with E-state index in [2.05, 4.69) is 47.8 Å². The molecule has 0 bridgehead atoms. The highest BCUT2D eigenvalue weighted by Crippen LogP contribution is 2.24. The van der Waals surface area contributed by atoms with E-state index in [9.17, 15) is 4.79 Å². The van der Waals surface area contributed by atoms with Gasteiger partial charge in [-0.3, -0.25) is 4.79 Å². The van der Waals surface area contributed by atoms with Gasteiger partial charge in [0.05, 0.1) is 18.3 Å². The van der Waals surface area contributed by atoms with E-state index in [0.29, 0.717) is 5.56 Å². The molecule has 0 saturated carbocycles. The summed E-state index contributed by atoms with van der Waals surface area (Å²) in [5.41, 5.74) is 0.716. The second-order valence-electron chi connectivity index (χ2n) is 4.68. The monoisotopic (exact) mass is 467 g/mol. The fourth-order valence-electron chi connectivity index (χ4n) is 2.27. The minimum atomic E-state index is 0.0864. The van der Waals surface area contributed by atoms with Crippen LogP contribution >= 0.6 is 47.8 Å². The zero-order valence-corrected chi connectivity index (χ0v) is 15.7. The van der Waals surface area contributed by atoms with E-state index in [1.54, 1.807) is 0 Å². The maximum Gasteiger partial charge on any atom is 0.255 e. The highest BCUT2D eigenvalue weighted by Gasteiger charge is 2.25. The number of amides is 1. The number of carbonyl (C=O) groups excluding carboxylic acids is 1. The number of piperidine rings is 1. The second kappa shape index (κ2) is 7.92. The van der Waals surface area contributed by atoms with Crippen molar-refractivity contribution in [3.63, 3.8) is 0 Å². The van der Waals surface area contributed by atoms with Gasteiger partial charge in [-0.2, -0.15) is 0 Å². The second-order valence-corrected chi connectivity index (χ2v) is 7.24. The normalized spacial score (nSPS) is 16.4. The SMILES string of the molecule is O=C(c1ccc(Br)cc1Br)N1CCC(OCCBr)CC1. The number of likely N-dealkylation sites (tertiary alicyclic amines) is 1. The molecule has 1 aliphatic heterocycles. The van der Waals surface area contributed by atoms with Gasteiger partial charge in [0.25, 0.3) is 5.91 Å². The molecular weight excluding hydrogens is 454 g/mol. The minimum absolute atomic E-state index is 0.0864. The van der Waals surface area contributed by atoms with E-state index >= 15 is 0 Å². The first kappa shape index (κ1) is 16.5. The minimum Gasteiger partial charge on any atom is -0.377 e. The fourth-order valence-corrected chi connectivity index (χ4v) is 3.67. The first-order valence-corrected chi connectivity index (χ1v) is 9.24. The van der Waals surface area contributed by atoms with Crippen molar-refractivity contribution in [2.75, 3.05) is 25.0 Å². The van der Waals surface area contributed by atoms with Crippen LogP contribution in [0, 0.1) is 0 Å². The number of rotatable bonds is 4. The Morgan fingerprint density at radius 3 is 2.60 bits per heavy atom. The molecule has 0 spiro atoms. The number of nitrogens with zero attached hydrogens (tertiary/aromatic N) is 1. The van der Waals surface area contributed by atoms with Crippen LogP contribution in [0.3, 0.4) is 0 Å². The van der Waals surface area contributed by atoms with Crippen molar-refractivity contribution in [3.05, 3.63) is 32.7 Å². The van der Waals surface area contributed by atoms with Crippen molar-refractivity contribution >= 4 is 53.7 Å².